The third-order valence-electron chi connectivity index (χ3n) is 3.06. The number of amides is 1. The molecular weight excluding hydrogens is 235 g/mol. The van der Waals surface area contributed by atoms with Gasteiger partial charge in [-0.15, -0.1) is 0 Å². The van der Waals surface area contributed by atoms with Crippen LogP contribution in [0.4, 0.5) is 13.2 Å². The average molecular weight is 251 g/mol. The number of rotatable bonds is 3. The molecule has 98 valence electrons. The van der Waals surface area contributed by atoms with Gasteiger partial charge in [0.1, 0.15) is 0 Å². The molecule has 2 N–H and O–H groups in total. The lowest BCUT2D eigenvalue weighted by atomic mass is 9.77. The van der Waals surface area contributed by atoms with Crippen LogP contribution in [0.25, 0.3) is 0 Å². The second kappa shape index (κ2) is 5.08. The molecule has 0 radical (unpaired) electrons. The normalized spacial score (nSPS) is 29.8. The minimum absolute atomic E-state index is 0.0429. The first-order valence-corrected chi connectivity index (χ1v) is 5.46. The fourth-order valence-electron chi connectivity index (χ4n) is 2.10. The molecule has 1 aliphatic rings. The van der Waals surface area contributed by atoms with E-state index < -0.39 is 23.6 Å². The van der Waals surface area contributed by atoms with Gasteiger partial charge in [-0.1, -0.05) is 6.58 Å². The quantitative estimate of drug-likeness (QED) is 0.751. The maximum absolute atomic E-state index is 12.5. The maximum Gasteiger partial charge on any atom is 0.391 e. The predicted octanol–water partition coefficient (Wildman–Crippen LogP) is 1.77. The van der Waals surface area contributed by atoms with E-state index in [-0.39, 0.29) is 25.8 Å². The van der Waals surface area contributed by atoms with Gasteiger partial charge in [-0.05, 0) is 31.8 Å². The van der Waals surface area contributed by atoms with Crippen LogP contribution in [-0.2, 0) is 4.79 Å². The Balaban J connectivity index is 2.57. The average Bonchev–Trinajstić information content (AvgIpc) is 2.25. The Morgan fingerprint density at radius 3 is 2.76 bits per heavy atom. The SMILES string of the molecule is C=CC(=O)NC[C@]1(O)CCC[C@@H](C(F)(F)F)C1. The monoisotopic (exact) mass is 251 g/mol. The number of carbonyl (C=O) groups is 1. The second-order valence-electron chi connectivity index (χ2n) is 4.48. The first-order chi connectivity index (χ1) is 7.77. The zero-order valence-electron chi connectivity index (χ0n) is 9.39. The number of nitrogens with one attached hydrogen (secondary N) is 1. The van der Waals surface area contributed by atoms with Gasteiger partial charge in [0.05, 0.1) is 11.5 Å². The summed E-state index contributed by atoms with van der Waals surface area (Å²) in [5, 5.41) is 12.3. The summed E-state index contributed by atoms with van der Waals surface area (Å²) in [6.45, 7) is 3.07. The molecule has 0 heterocycles. The van der Waals surface area contributed by atoms with Gasteiger partial charge in [-0.3, -0.25) is 4.79 Å². The van der Waals surface area contributed by atoms with Gasteiger partial charge in [-0.25, -0.2) is 0 Å². The molecule has 0 aliphatic heterocycles. The van der Waals surface area contributed by atoms with E-state index in [4.69, 9.17) is 0 Å². The van der Waals surface area contributed by atoms with Crippen LogP contribution in [0.3, 0.4) is 0 Å². The molecule has 0 spiro atoms. The molecule has 17 heavy (non-hydrogen) atoms. The summed E-state index contributed by atoms with van der Waals surface area (Å²) in [7, 11) is 0. The van der Waals surface area contributed by atoms with Crippen LogP contribution >= 0.6 is 0 Å². The summed E-state index contributed by atoms with van der Waals surface area (Å²) in [4.78, 5) is 10.9. The van der Waals surface area contributed by atoms with Gasteiger partial charge in [0.25, 0.3) is 0 Å². The number of aliphatic hydroxyl groups is 1. The van der Waals surface area contributed by atoms with Crippen molar-refractivity contribution in [2.45, 2.75) is 37.5 Å². The standard InChI is InChI=1S/C11H16F3NO2/c1-2-9(16)15-7-10(17)5-3-4-8(6-10)11(12,13)14/h2,8,17H,1,3-7H2,(H,15,16)/t8-,10+/m1/s1. The molecule has 1 rings (SSSR count). The topological polar surface area (TPSA) is 49.3 Å². The summed E-state index contributed by atoms with van der Waals surface area (Å²) < 4.78 is 37.6. The second-order valence-corrected chi connectivity index (χ2v) is 4.48. The molecule has 1 fully saturated rings. The first kappa shape index (κ1) is 14.0. The van der Waals surface area contributed by atoms with Crippen molar-refractivity contribution in [1.29, 1.82) is 0 Å². The van der Waals surface area contributed by atoms with Crippen LogP contribution in [0.15, 0.2) is 12.7 Å². The van der Waals surface area contributed by atoms with Crippen molar-refractivity contribution < 1.29 is 23.1 Å². The molecule has 1 saturated carbocycles. The molecule has 2 atom stereocenters. The number of hydrogen-bond donors (Lipinski definition) is 2. The summed E-state index contributed by atoms with van der Waals surface area (Å²) in [5.41, 5.74) is -1.46. The lowest BCUT2D eigenvalue weighted by molar-refractivity contribution is -0.199. The van der Waals surface area contributed by atoms with Crippen molar-refractivity contribution >= 4 is 5.91 Å². The number of hydrogen-bond acceptors (Lipinski definition) is 2. The molecule has 0 aromatic heterocycles. The number of halogens is 3. The molecule has 0 bridgehead atoms. The Morgan fingerprint density at radius 2 is 2.24 bits per heavy atom. The van der Waals surface area contributed by atoms with E-state index in [1.54, 1.807) is 0 Å². The van der Waals surface area contributed by atoms with Crippen LogP contribution in [0, 0.1) is 5.92 Å². The molecule has 3 nitrogen and oxygen atoms in total. The molecular formula is C11H16F3NO2. The van der Waals surface area contributed by atoms with Crippen LogP contribution in [0.1, 0.15) is 25.7 Å². The lowest BCUT2D eigenvalue weighted by Crippen LogP contribution is -2.48. The highest BCUT2D eigenvalue weighted by Gasteiger charge is 2.46. The Hall–Kier alpha value is -1.04. The smallest absolute Gasteiger partial charge is 0.388 e. The van der Waals surface area contributed by atoms with Crippen LogP contribution < -0.4 is 5.32 Å². The largest absolute Gasteiger partial charge is 0.391 e. The molecule has 0 unspecified atom stereocenters. The molecule has 0 aromatic rings. The van der Waals surface area contributed by atoms with E-state index >= 15 is 0 Å². The van der Waals surface area contributed by atoms with E-state index in [2.05, 4.69) is 11.9 Å². The highest BCUT2D eigenvalue weighted by atomic mass is 19.4. The van der Waals surface area contributed by atoms with Crippen molar-refractivity contribution in [2.24, 2.45) is 5.92 Å². The van der Waals surface area contributed by atoms with Crippen LogP contribution in [0.2, 0.25) is 0 Å². The summed E-state index contributed by atoms with van der Waals surface area (Å²) in [6.07, 6.45) is -2.99. The van der Waals surface area contributed by atoms with Gasteiger partial charge in [0.15, 0.2) is 0 Å². The van der Waals surface area contributed by atoms with Crippen molar-refractivity contribution in [1.82, 2.24) is 5.32 Å². The number of alkyl halides is 3. The first-order valence-electron chi connectivity index (χ1n) is 5.46. The van der Waals surface area contributed by atoms with Crippen molar-refractivity contribution in [3.05, 3.63) is 12.7 Å². The fraction of sp³-hybridized carbons (Fsp3) is 0.727. The van der Waals surface area contributed by atoms with Crippen LogP contribution in [0.5, 0.6) is 0 Å². The summed E-state index contributed by atoms with van der Waals surface area (Å²) in [6, 6.07) is 0. The van der Waals surface area contributed by atoms with Gasteiger partial charge >= 0.3 is 6.18 Å². The summed E-state index contributed by atoms with van der Waals surface area (Å²) >= 11 is 0. The van der Waals surface area contributed by atoms with Gasteiger partial charge in [-0.2, -0.15) is 13.2 Å². The van der Waals surface area contributed by atoms with Gasteiger partial charge < -0.3 is 10.4 Å². The lowest BCUT2D eigenvalue weighted by Gasteiger charge is -2.37. The fourth-order valence-corrected chi connectivity index (χ4v) is 2.10. The zero-order valence-corrected chi connectivity index (χ0v) is 9.39. The van der Waals surface area contributed by atoms with E-state index in [0.717, 1.165) is 6.08 Å². The van der Waals surface area contributed by atoms with Crippen LogP contribution in [-0.4, -0.2) is 29.3 Å². The molecule has 0 aromatic carbocycles. The van der Waals surface area contributed by atoms with Crippen molar-refractivity contribution in [3.8, 4) is 0 Å². The van der Waals surface area contributed by atoms with E-state index in [9.17, 15) is 23.1 Å². The predicted molar refractivity (Wildman–Crippen MR) is 56.2 cm³/mol. The highest BCUT2D eigenvalue weighted by Crippen LogP contribution is 2.41. The molecule has 1 amide bonds. The zero-order chi connectivity index (χ0) is 13.1. The van der Waals surface area contributed by atoms with E-state index in [1.807, 2.05) is 0 Å². The highest BCUT2D eigenvalue weighted by molar-refractivity contribution is 5.86. The van der Waals surface area contributed by atoms with E-state index in [1.165, 1.54) is 0 Å². The Labute approximate surface area is 97.7 Å². The summed E-state index contributed by atoms with van der Waals surface area (Å²) in [5.74, 6) is -1.98. The minimum atomic E-state index is -4.28. The van der Waals surface area contributed by atoms with Gasteiger partial charge in [0.2, 0.25) is 5.91 Å². The molecule has 0 saturated heterocycles. The van der Waals surface area contributed by atoms with Gasteiger partial charge in [0, 0.05) is 6.54 Å². The molecule has 1 aliphatic carbocycles. The number of carbonyl (C=O) groups excluding carboxylic acids is 1. The minimum Gasteiger partial charge on any atom is -0.388 e. The maximum atomic E-state index is 12.5. The van der Waals surface area contributed by atoms with E-state index in [0.29, 0.717) is 6.42 Å². The third kappa shape index (κ3) is 4.03. The Bertz CT molecular complexity index is 304. The van der Waals surface area contributed by atoms with Crippen molar-refractivity contribution in [3.63, 3.8) is 0 Å². The van der Waals surface area contributed by atoms with Crippen molar-refractivity contribution in [2.75, 3.05) is 6.54 Å². The Kier molecular flexibility index (Phi) is 4.19. The Morgan fingerprint density at radius 1 is 1.59 bits per heavy atom. The third-order valence-corrected chi connectivity index (χ3v) is 3.06. The molecule has 6 heteroatoms.